The third-order valence-electron chi connectivity index (χ3n) is 4.27. The van der Waals surface area contributed by atoms with E-state index in [9.17, 15) is 9.59 Å². The van der Waals surface area contributed by atoms with Gasteiger partial charge in [0.25, 0.3) is 5.91 Å². The molecule has 2 aromatic carbocycles. The van der Waals surface area contributed by atoms with Crippen LogP contribution in [0.3, 0.4) is 0 Å². The van der Waals surface area contributed by atoms with Gasteiger partial charge in [0.15, 0.2) is 11.5 Å². The summed E-state index contributed by atoms with van der Waals surface area (Å²) < 4.78 is 11.5. The van der Waals surface area contributed by atoms with Crippen molar-refractivity contribution in [2.24, 2.45) is 5.10 Å². The SMILES string of the molecule is CCOc1cc(C=NNC(=O)c2cccnc2Cl)cc(Cl)c1OCc1cccc(C(=O)O)c1. The fourth-order valence-corrected chi connectivity index (χ4v) is 3.28. The highest BCUT2D eigenvalue weighted by Crippen LogP contribution is 2.37. The molecule has 0 atom stereocenters. The van der Waals surface area contributed by atoms with Gasteiger partial charge in [-0.1, -0.05) is 35.3 Å². The predicted octanol–water partition coefficient (Wildman–Crippen LogP) is 4.83. The molecule has 0 fully saturated rings. The van der Waals surface area contributed by atoms with E-state index < -0.39 is 11.9 Å². The fourth-order valence-electron chi connectivity index (χ4n) is 2.80. The molecule has 0 aliphatic rings. The van der Waals surface area contributed by atoms with E-state index in [1.165, 1.54) is 30.6 Å². The van der Waals surface area contributed by atoms with Crippen molar-refractivity contribution in [3.05, 3.63) is 87.2 Å². The number of carbonyl (C=O) groups excluding carboxylic acids is 1. The minimum Gasteiger partial charge on any atom is -0.490 e. The normalized spacial score (nSPS) is 10.8. The van der Waals surface area contributed by atoms with Crippen molar-refractivity contribution < 1.29 is 24.2 Å². The molecule has 0 saturated carbocycles. The van der Waals surface area contributed by atoms with E-state index in [2.05, 4.69) is 15.5 Å². The van der Waals surface area contributed by atoms with E-state index in [0.29, 0.717) is 29.2 Å². The number of carbonyl (C=O) groups is 2. The van der Waals surface area contributed by atoms with Crippen LogP contribution in [-0.4, -0.2) is 34.8 Å². The molecule has 0 unspecified atom stereocenters. The summed E-state index contributed by atoms with van der Waals surface area (Å²) in [6.45, 7) is 2.26. The van der Waals surface area contributed by atoms with Crippen LogP contribution < -0.4 is 14.9 Å². The van der Waals surface area contributed by atoms with Crippen LogP contribution in [0.2, 0.25) is 10.2 Å². The molecule has 1 aromatic heterocycles. The number of rotatable bonds is 9. The van der Waals surface area contributed by atoms with E-state index in [1.807, 2.05) is 6.92 Å². The molecule has 0 radical (unpaired) electrons. The number of amides is 1. The lowest BCUT2D eigenvalue weighted by Crippen LogP contribution is -2.18. The van der Waals surface area contributed by atoms with Crippen LogP contribution in [0.15, 0.2) is 59.8 Å². The van der Waals surface area contributed by atoms with Gasteiger partial charge in [0.2, 0.25) is 0 Å². The van der Waals surface area contributed by atoms with Gasteiger partial charge in [-0.25, -0.2) is 15.2 Å². The molecule has 170 valence electrons. The first-order valence-corrected chi connectivity index (χ1v) is 10.5. The zero-order valence-electron chi connectivity index (χ0n) is 17.4. The molecule has 0 aliphatic carbocycles. The van der Waals surface area contributed by atoms with Crippen LogP contribution in [0.5, 0.6) is 11.5 Å². The van der Waals surface area contributed by atoms with Crippen LogP contribution in [-0.2, 0) is 6.61 Å². The number of pyridine rings is 1. The summed E-state index contributed by atoms with van der Waals surface area (Å²) in [5.74, 6) is -0.847. The smallest absolute Gasteiger partial charge is 0.335 e. The second-order valence-electron chi connectivity index (χ2n) is 6.60. The summed E-state index contributed by atoms with van der Waals surface area (Å²) in [5.41, 5.74) is 3.95. The standard InChI is InChI=1S/C23H19Cl2N3O5/c1-2-32-19-11-15(12-27-28-22(29)17-7-4-8-26-21(17)25)10-18(24)20(19)33-13-14-5-3-6-16(9-14)23(30)31/h3-12H,2,13H2,1H3,(H,28,29)(H,30,31). The summed E-state index contributed by atoms with van der Waals surface area (Å²) in [5, 5.41) is 13.4. The predicted molar refractivity (Wildman–Crippen MR) is 125 cm³/mol. The Hall–Kier alpha value is -3.62. The van der Waals surface area contributed by atoms with E-state index in [-0.39, 0.29) is 27.9 Å². The Kier molecular flexibility index (Phi) is 8.23. The maximum Gasteiger partial charge on any atom is 0.335 e. The van der Waals surface area contributed by atoms with Gasteiger partial charge in [0.1, 0.15) is 11.8 Å². The molecule has 1 amide bonds. The number of benzene rings is 2. The highest BCUT2D eigenvalue weighted by atomic mass is 35.5. The van der Waals surface area contributed by atoms with Gasteiger partial charge < -0.3 is 14.6 Å². The van der Waals surface area contributed by atoms with Gasteiger partial charge >= 0.3 is 5.97 Å². The molecule has 0 saturated heterocycles. The van der Waals surface area contributed by atoms with Crippen molar-refractivity contribution >= 4 is 41.3 Å². The topological polar surface area (TPSA) is 110 Å². The van der Waals surface area contributed by atoms with Crippen molar-refractivity contribution in [3.8, 4) is 11.5 Å². The first-order chi connectivity index (χ1) is 15.9. The summed E-state index contributed by atoms with van der Waals surface area (Å²) in [7, 11) is 0. The van der Waals surface area contributed by atoms with Gasteiger partial charge in [0, 0.05) is 6.20 Å². The van der Waals surface area contributed by atoms with Crippen LogP contribution in [0, 0.1) is 0 Å². The Morgan fingerprint density at radius 1 is 1.15 bits per heavy atom. The lowest BCUT2D eigenvalue weighted by Gasteiger charge is -2.14. The maximum atomic E-state index is 12.2. The zero-order chi connectivity index (χ0) is 23.8. The summed E-state index contributed by atoms with van der Waals surface area (Å²) >= 11 is 12.3. The Labute approximate surface area is 199 Å². The molecular weight excluding hydrogens is 469 g/mol. The number of carboxylic acid groups (broad SMARTS) is 1. The second kappa shape index (κ2) is 11.3. The third kappa shape index (κ3) is 6.44. The third-order valence-corrected chi connectivity index (χ3v) is 4.85. The first-order valence-electron chi connectivity index (χ1n) is 9.74. The number of hydrogen-bond donors (Lipinski definition) is 2. The van der Waals surface area contributed by atoms with Gasteiger partial charge in [-0.3, -0.25) is 4.79 Å². The molecule has 1 heterocycles. The molecule has 0 bridgehead atoms. The number of carboxylic acids is 1. The quantitative estimate of drug-likeness (QED) is 0.254. The van der Waals surface area contributed by atoms with Crippen molar-refractivity contribution in [2.75, 3.05) is 6.61 Å². The van der Waals surface area contributed by atoms with Crippen molar-refractivity contribution in [3.63, 3.8) is 0 Å². The lowest BCUT2D eigenvalue weighted by atomic mass is 10.1. The average Bonchev–Trinajstić information content (AvgIpc) is 2.79. The molecule has 0 spiro atoms. The number of aromatic carboxylic acids is 1. The van der Waals surface area contributed by atoms with E-state index in [4.69, 9.17) is 37.8 Å². The number of nitrogens with one attached hydrogen (secondary N) is 1. The minimum atomic E-state index is -1.02. The lowest BCUT2D eigenvalue weighted by molar-refractivity contribution is 0.0696. The van der Waals surface area contributed by atoms with Crippen molar-refractivity contribution in [1.29, 1.82) is 0 Å². The van der Waals surface area contributed by atoms with Gasteiger partial charge in [0.05, 0.1) is 29.0 Å². The molecule has 8 nitrogen and oxygen atoms in total. The number of nitrogens with zero attached hydrogens (tertiary/aromatic N) is 2. The molecule has 10 heteroatoms. The minimum absolute atomic E-state index is 0.0715. The van der Waals surface area contributed by atoms with Crippen LogP contribution in [0.4, 0.5) is 0 Å². The van der Waals surface area contributed by atoms with Gasteiger partial charge in [-0.2, -0.15) is 5.10 Å². The Morgan fingerprint density at radius 3 is 2.70 bits per heavy atom. The van der Waals surface area contributed by atoms with E-state index in [0.717, 1.165) is 0 Å². The summed E-state index contributed by atoms with van der Waals surface area (Å²) in [4.78, 5) is 27.2. The highest BCUT2D eigenvalue weighted by molar-refractivity contribution is 6.33. The van der Waals surface area contributed by atoms with Gasteiger partial charge in [-0.05, 0) is 54.4 Å². The van der Waals surface area contributed by atoms with Crippen LogP contribution in [0.25, 0.3) is 0 Å². The summed E-state index contributed by atoms with van der Waals surface area (Å²) in [6, 6.07) is 12.8. The largest absolute Gasteiger partial charge is 0.490 e. The molecule has 3 aromatic rings. The van der Waals surface area contributed by atoms with E-state index in [1.54, 1.807) is 30.3 Å². The Morgan fingerprint density at radius 2 is 1.97 bits per heavy atom. The zero-order valence-corrected chi connectivity index (χ0v) is 18.9. The molecule has 3 rings (SSSR count). The Balaban J connectivity index is 1.74. The number of hydrazone groups is 1. The highest BCUT2D eigenvalue weighted by Gasteiger charge is 2.14. The molecular formula is C23H19Cl2N3O5. The number of ether oxygens (including phenoxy) is 2. The molecule has 33 heavy (non-hydrogen) atoms. The van der Waals surface area contributed by atoms with E-state index >= 15 is 0 Å². The van der Waals surface area contributed by atoms with Crippen LogP contribution >= 0.6 is 23.2 Å². The monoisotopic (exact) mass is 487 g/mol. The van der Waals surface area contributed by atoms with Crippen molar-refractivity contribution in [2.45, 2.75) is 13.5 Å². The van der Waals surface area contributed by atoms with Crippen LogP contribution in [0.1, 0.15) is 38.8 Å². The molecule has 0 aliphatic heterocycles. The van der Waals surface area contributed by atoms with Crippen molar-refractivity contribution in [1.82, 2.24) is 10.4 Å². The first kappa shape index (κ1) is 24.0. The molecule has 2 N–H and O–H groups in total. The fraction of sp³-hybridized carbons (Fsp3) is 0.130. The Bertz CT molecular complexity index is 1200. The maximum absolute atomic E-state index is 12.2. The second-order valence-corrected chi connectivity index (χ2v) is 7.36. The number of aromatic nitrogens is 1. The summed E-state index contributed by atoms with van der Waals surface area (Å²) in [6.07, 6.45) is 2.88. The van der Waals surface area contributed by atoms with Gasteiger partial charge in [-0.15, -0.1) is 0 Å². The number of hydrogen-bond acceptors (Lipinski definition) is 6. The average molecular weight is 488 g/mol. The number of halogens is 2.